The monoisotopic (exact) mass is 487 g/mol. The molecule has 0 unspecified atom stereocenters. The number of nitrogens with one attached hydrogen (secondary N) is 1. The van der Waals surface area contributed by atoms with E-state index in [9.17, 15) is 14.9 Å². The number of benzene rings is 2. The molecule has 1 amide bonds. The number of ether oxygens (including phenoxy) is 2. The summed E-state index contributed by atoms with van der Waals surface area (Å²) in [6.45, 7) is 0.211. The van der Waals surface area contributed by atoms with Gasteiger partial charge >= 0.3 is 0 Å². The standard InChI is InChI=1S/C20H18BrN5O5/c1-25-11-17(21)19(24-25)20(27)23-22-10-13-3-4-14(18(9-13)30-2)12-31-16-7-5-15(6-8-16)26(28)29/h3-11H,12H2,1-2H3,(H,23,27)/b22-10+. The number of methoxy groups -OCH3 is 1. The molecule has 1 N–H and O–H groups in total. The van der Waals surface area contributed by atoms with Crippen LogP contribution in [0.4, 0.5) is 5.69 Å². The van der Waals surface area contributed by atoms with Gasteiger partial charge in [-0.2, -0.15) is 10.2 Å². The number of nitro groups is 1. The van der Waals surface area contributed by atoms with Crippen LogP contribution >= 0.6 is 15.9 Å². The lowest BCUT2D eigenvalue weighted by atomic mass is 10.1. The van der Waals surface area contributed by atoms with Crippen molar-refractivity contribution in [2.75, 3.05) is 7.11 Å². The molecule has 3 rings (SSSR count). The zero-order chi connectivity index (χ0) is 22.4. The first kappa shape index (κ1) is 22.0. The van der Waals surface area contributed by atoms with Crippen LogP contribution < -0.4 is 14.9 Å². The number of non-ortho nitro benzene ring substituents is 1. The van der Waals surface area contributed by atoms with Crippen LogP contribution in [-0.4, -0.2) is 33.9 Å². The average Bonchev–Trinajstić information content (AvgIpc) is 3.10. The van der Waals surface area contributed by atoms with E-state index >= 15 is 0 Å². The summed E-state index contributed by atoms with van der Waals surface area (Å²) >= 11 is 3.27. The maximum Gasteiger partial charge on any atom is 0.293 e. The van der Waals surface area contributed by atoms with E-state index in [-0.39, 0.29) is 18.0 Å². The summed E-state index contributed by atoms with van der Waals surface area (Å²) in [7, 11) is 3.25. The second-order valence-corrected chi connectivity index (χ2v) is 7.16. The van der Waals surface area contributed by atoms with E-state index in [1.165, 1.54) is 42.3 Å². The Balaban J connectivity index is 1.62. The zero-order valence-electron chi connectivity index (χ0n) is 16.6. The highest BCUT2D eigenvalue weighted by molar-refractivity contribution is 9.10. The van der Waals surface area contributed by atoms with Crippen molar-refractivity contribution in [3.63, 3.8) is 0 Å². The maximum atomic E-state index is 12.1. The van der Waals surface area contributed by atoms with Crippen LogP contribution in [0, 0.1) is 10.1 Å². The number of hydrazone groups is 1. The Hall–Kier alpha value is -3.73. The molecule has 0 radical (unpaired) electrons. The third-order valence-corrected chi connectivity index (χ3v) is 4.71. The summed E-state index contributed by atoms with van der Waals surface area (Å²) in [5, 5.41) is 18.7. The predicted octanol–water partition coefficient (Wildman–Crippen LogP) is 3.44. The van der Waals surface area contributed by atoms with Crippen LogP contribution in [0.15, 0.2) is 58.2 Å². The zero-order valence-corrected chi connectivity index (χ0v) is 18.2. The molecule has 0 spiro atoms. The molecule has 31 heavy (non-hydrogen) atoms. The van der Waals surface area contributed by atoms with Gasteiger partial charge in [0.15, 0.2) is 5.69 Å². The Morgan fingerprint density at radius 3 is 2.68 bits per heavy atom. The number of nitro benzene ring substituents is 1. The van der Waals surface area contributed by atoms with Crippen LogP contribution in [0.25, 0.3) is 0 Å². The van der Waals surface area contributed by atoms with Gasteiger partial charge in [-0.3, -0.25) is 19.6 Å². The highest BCUT2D eigenvalue weighted by atomic mass is 79.9. The van der Waals surface area contributed by atoms with Crippen LogP contribution in [-0.2, 0) is 13.7 Å². The van der Waals surface area contributed by atoms with Gasteiger partial charge in [0, 0.05) is 30.9 Å². The van der Waals surface area contributed by atoms with Crippen molar-refractivity contribution in [3.8, 4) is 11.5 Å². The lowest BCUT2D eigenvalue weighted by Crippen LogP contribution is -2.19. The number of hydrogen-bond donors (Lipinski definition) is 1. The van der Waals surface area contributed by atoms with Crippen molar-refractivity contribution in [2.24, 2.45) is 12.1 Å². The predicted molar refractivity (Wildman–Crippen MR) is 116 cm³/mol. The Bertz CT molecular complexity index is 1130. The van der Waals surface area contributed by atoms with E-state index < -0.39 is 10.8 Å². The van der Waals surface area contributed by atoms with Crippen LogP contribution in [0.1, 0.15) is 21.6 Å². The third kappa shape index (κ3) is 5.66. The van der Waals surface area contributed by atoms with E-state index in [0.717, 1.165) is 5.56 Å². The summed E-state index contributed by atoms with van der Waals surface area (Å²) in [5.41, 5.74) is 4.13. The molecule has 0 atom stereocenters. The van der Waals surface area contributed by atoms with Gasteiger partial charge in [0.1, 0.15) is 18.1 Å². The molecule has 2 aromatic carbocycles. The van der Waals surface area contributed by atoms with Gasteiger partial charge in [-0.1, -0.05) is 12.1 Å². The highest BCUT2D eigenvalue weighted by Gasteiger charge is 2.13. The van der Waals surface area contributed by atoms with Gasteiger partial charge in [-0.15, -0.1) is 0 Å². The molecule has 0 aliphatic heterocycles. The molecule has 1 heterocycles. The molecule has 0 fully saturated rings. The Morgan fingerprint density at radius 2 is 2.06 bits per heavy atom. The van der Waals surface area contributed by atoms with E-state index in [4.69, 9.17) is 9.47 Å². The van der Waals surface area contributed by atoms with Crippen LogP contribution in [0.3, 0.4) is 0 Å². The number of carbonyl (C=O) groups excluding carboxylic acids is 1. The minimum atomic E-state index is -0.468. The van der Waals surface area contributed by atoms with Crippen molar-refractivity contribution < 1.29 is 19.2 Å². The molecule has 10 nitrogen and oxygen atoms in total. The van der Waals surface area contributed by atoms with Crippen molar-refractivity contribution in [2.45, 2.75) is 6.61 Å². The number of halogens is 1. The van der Waals surface area contributed by atoms with Crippen LogP contribution in [0.2, 0.25) is 0 Å². The van der Waals surface area contributed by atoms with Gasteiger partial charge in [0.2, 0.25) is 0 Å². The van der Waals surface area contributed by atoms with Gasteiger partial charge < -0.3 is 9.47 Å². The summed E-state index contributed by atoms with van der Waals surface area (Å²) in [5.74, 6) is 0.634. The van der Waals surface area contributed by atoms with E-state index in [1.54, 1.807) is 25.4 Å². The second kappa shape index (κ2) is 9.85. The van der Waals surface area contributed by atoms with Gasteiger partial charge in [-0.05, 0) is 39.7 Å². The van der Waals surface area contributed by atoms with E-state index in [0.29, 0.717) is 21.5 Å². The molecule has 0 aliphatic rings. The number of aryl methyl sites for hydroxylation is 1. The van der Waals surface area contributed by atoms with E-state index in [1.807, 2.05) is 6.07 Å². The molecular weight excluding hydrogens is 470 g/mol. The van der Waals surface area contributed by atoms with Gasteiger partial charge in [0.05, 0.1) is 22.7 Å². The number of carbonyl (C=O) groups is 1. The lowest BCUT2D eigenvalue weighted by molar-refractivity contribution is -0.384. The quantitative estimate of drug-likeness (QED) is 0.295. The molecule has 0 bridgehead atoms. The number of nitrogens with zero attached hydrogens (tertiary/aromatic N) is 4. The number of amides is 1. The molecule has 11 heteroatoms. The fourth-order valence-corrected chi connectivity index (χ4v) is 3.17. The maximum absolute atomic E-state index is 12.1. The smallest absolute Gasteiger partial charge is 0.293 e. The Labute approximate surface area is 185 Å². The fraction of sp³-hybridized carbons (Fsp3) is 0.150. The van der Waals surface area contributed by atoms with E-state index in [2.05, 4.69) is 31.6 Å². The van der Waals surface area contributed by atoms with Crippen molar-refractivity contribution in [1.29, 1.82) is 0 Å². The minimum absolute atomic E-state index is 0.00364. The second-order valence-electron chi connectivity index (χ2n) is 6.31. The number of aromatic nitrogens is 2. The first-order valence-electron chi connectivity index (χ1n) is 8.94. The fourth-order valence-electron chi connectivity index (χ4n) is 2.62. The first-order chi connectivity index (χ1) is 14.9. The summed E-state index contributed by atoms with van der Waals surface area (Å²) < 4.78 is 13.2. The lowest BCUT2D eigenvalue weighted by Gasteiger charge is -2.11. The molecule has 0 aliphatic carbocycles. The Morgan fingerprint density at radius 1 is 1.32 bits per heavy atom. The van der Waals surface area contributed by atoms with Gasteiger partial charge in [-0.25, -0.2) is 5.43 Å². The molecule has 3 aromatic rings. The average molecular weight is 488 g/mol. The van der Waals surface area contributed by atoms with Crippen molar-refractivity contribution >= 4 is 33.7 Å². The number of hydrogen-bond acceptors (Lipinski definition) is 7. The number of rotatable bonds is 8. The molecule has 1 aromatic heterocycles. The minimum Gasteiger partial charge on any atom is -0.496 e. The largest absolute Gasteiger partial charge is 0.496 e. The summed E-state index contributed by atoms with van der Waals surface area (Å²) in [6.07, 6.45) is 3.15. The molecule has 160 valence electrons. The SMILES string of the molecule is COc1cc(/C=N/NC(=O)c2nn(C)cc2Br)ccc1COc1ccc([N+](=O)[O-])cc1. The topological polar surface area (TPSA) is 121 Å². The molecular formula is C20H18BrN5O5. The summed E-state index contributed by atoms with van der Waals surface area (Å²) in [6, 6.07) is 11.2. The molecule has 0 saturated heterocycles. The van der Waals surface area contributed by atoms with Crippen molar-refractivity contribution in [1.82, 2.24) is 15.2 Å². The van der Waals surface area contributed by atoms with Gasteiger partial charge in [0.25, 0.3) is 11.6 Å². The van der Waals surface area contributed by atoms with Crippen molar-refractivity contribution in [3.05, 3.63) is 80.1 Å². The highest BCUT2D eigenvalue weighted by Crippen LogP contribution is 2.23. The normalized spacial score (nSPS) is 10.8. The Kier molecular flexibility index (Phi) is 6.98. The summed E-state index contributed by atoms with van der Waals surface area (Å²) in [4.78, 5) is 22.4. The third-order valence-electron chi connectivity index (χ3n) is 4.13. The first-order valence-corrected chi connectivity index (χ1v) is 9.73. The van der Waals surface area contributed by atoms with Crippen LogP contribution in [0.5, 0.6) is 11.5 Å². The molecule has 0 saturated carbocycles.